The van der Waals surface area contributed by atoms with Crippen molar-refractivity contribution in [3.05, 3.63) is 23.7 Å². The van der Waals surface area contributed by atoms with Crippen LogP contribution in [-0.2, 0) is 13.1 Å². The molecule has 0 atom stereocenters. The Morgan fingerprint density at radius 3 is 2.68 bits per heavy atom. The fourth-order valence-electron chi connectivity index (χ4n) is 2.73. The highest BCUT2D eigenvalue weighted by atomic mass is 16.3. The molecule has 0 spiro atoms. The molecule has 2 rings (SSSR count). The molecule has 108 valence electrons. The summed E-state index contributed by atoms with van der Waals surface area (Å²) in [7, 11) is 0. The normalized spacial score (nSPS) is 19.4. The summed E-state index contributed by atoms with van der Waals surface area (Å²) in [5.74, 6) is 2.82. The van der Waals surface area contributed by atoms with Gasteiger partial charge in [-0.2, -0.15) is 0 Å². The van der Waals surface area contributed by atoms with Crippen LogP contribution in [0.1, 0.15) is 52.1 Å². The third-order valence-electron chi connectivity index (χ3n) is 3.99. The van der Waals surface area contributed by atoms with E-state index in [1.807, 2.05) is 0 Å². The molecule has 0 saturated carbocycles. The van der Waals surface area contributed by atoms with Gasteiger partial charge in [0.05, 0.1) is 13.1 Å². The summed E-state index contributed by atoms with van der Waals surface area (Å²) in [6.07, 6.45) is 2.59. The first kappa shape index (κ1) is 14.6. The second-order valence-electron chi connectivity index (χ2n) is 6.73. The molecule has 1 aromatic heterocycles. The first-order valence-electron chi connectivity index (χ1n) is 7.51. The number of nitrogens with zero attached hydrogens (tertiary/aromatic N) is 1. The number of nitrogens with one attached hydrogen (secondary N) is 1. The topological polar surface area (TPSA) is 28.4 Å². The Hall–Kier alpha value is -0.800. The van der Waals surface area contributed by atoms with E-state index in [2.05, 4.69) is 50.0 Å². The van der Waals surface area contributed by atoms with Gasteiger partial charge in [-0.1, -0.05) is 13.8 Å². The average molecular weight is 264 g/mol. The van der Waals surface area contributed by atoms with Crippen LogP contribution in [0.5, 0.6) is 0 Å². The van der Waals surface area contributed by atoms with Crippen molar-refractivity contribution in [3.63, 3.8) is 0 Å². The van der Waals surface area contributed by atoms with Crippen molar-refractivity contribution in [3.8, 4) is 0 Å². The fourth-order valence-corrected chi connectivity index (χ4v) is 2.73. The lowest BCUT2D eigenvalue weighted by Gasteiger charge is -2.30. The molecule has 1 aliphatic rings. The zero-order valence-corrected chi connectivity index (χ0v) is 12.8. The standard InChI is InChI=1S/C16H28N2O/c1-13(2)10-17-11-14-6-7-15(19-14)12-18-9-5-8-16(18,3)4/h6-7,13,17H,5,8-12H2,1-4H3. The van der Waals surface area contributed by atoms with Gasteiger partial charge in [0.1, 0.15) is 11.5 Å². The third kappa shape index (κ3) is 4.08. The maximum Gasteiger partial charge on any atom is 0.118 e. The molecule has 1 fully saturated rings. The van der Waals surface area contributed by atoms with Crippen LogP contribution in [0.3, 0.4) is 0 Å². The Kier molecular flexibility index (Phi) is 4.69. The molecule has 0 amide bonds. The van der Waals surface area contributed by atoms with Crippen LogP contribution in [0, 0.1) is 5.92 Å². The van der Waals surface area contributed by atoms with Crippen LogP contribution in [-0.4, -0.2) is 23.5 Å². The summed E-state index contributed by atoms with van der Waals surface area (Å²) in [4.78, 5) is 2.52. The summed E-state index contributed by atoms with van der Waals surface area (Å²) < 4.78 is 5.92. The zero-order chi connectivity index (χ0) is 13.9. The second-order valence-corrected chi connectivity index (χ2v) is 6.73. The zero-order valence-electron chi connectivity index (χ0n) is 12.8. The number of hydrogen-bond donors (Lipinski definition) is 1. The van der Waals surface area contributed by atoms with Crippen LogP contribution < -0.4 is 5.32 Å². The molecule has 1 N–H and O–H groups in total. The Balaban J connectivity index is 1.84. The summed E-state index contributed by atoms with van der Waals surface area (Å²) in [5.41, 5.74) is 0.322. The molecular formula is C16H28N2O. The van der Waals surface area contributed by atoms with E-state index in [9.17, 15) is 0 Å². The van der Waals surface area contributed by atoms with Crippen molar-refractivity contribution in [2.45, 2.75) is 59.2 Å². The Morgan fingerprint density at radius 1 is 1.32 bits per heavy atom. The van der Waals surface area contributed by atoms with Crippen molar-refractivity contribution < 1.29 is 4.42 Å². The fraction of sp³-hybridized carbons (Fsp3) is 0.750. The van der Waals surface area contributed by atoms with E-state index >= 15 is 0 Å². The van der Waals surface area contributed by atoms with E-state index in [1.165, 1.54) is 19.4 Å². The highest BCUT2D eigenvalue weighted by Gasteiger charge is 2.32. The van der Waals surface area contributed by atoms with Crippen molar-refractivity contribution >= 4 is 0 Å². The molecule has 0 radical (unpaired) electrons. The molecule has 2 heterocycles. The minimum absolute atomic E-state index is 0.322. The van der Waals surface area contributed by atoms with Gasteiger partial charge in [-0.05, 0) is 57.8 Å². The predicted octanol–water partition coefficient (Wildman–Crippen LogP) is 3.40. The van der Waals surface area contributed by atoms with Crippen molar-refractivity contribution in [2.24, 2.45) is 5.92 Å². The van der Waals surface area contributed by atoms with Gasteiger partial charge >= 0.3 is 0 Å². The molecule has 0 aromatic carbocycles. The number of furan rings is 1. The van der Waals surface area contributed by atoms with E-state index in [0.29, 0.717) is 11.5 Å². The Bertz CT molecular complexity index is 395. The molecule has 1 aliphatic heterocycles. The van der Waals surface area contributed by atoms with Gasteiger partial charge in [-0.25, -0.2) is 0 Å². The van der Waals surface area contributed by atoms with E-state index < -0.39 is 0 Å². The molecule has 0 unspecified atom stereocenters. The molecule has 3 heteroatoms. The molecular weight excluding hydrogens is 236 g/mol. The molecule has 1 aromatic rings. The quantitative estimate of drug-likeness (QED) is 0.853. The molecule has 1 saturated heterocycles. The van der Waals surface area contributed by atoms with Crippen molar-refractivity contribution in [1.82, 2.24) is 10.2 Å². The van der Waals surface area contributed by atoms with Gasteiger partial charge in [0.25, 0.3) is 0 Å². The lowest BCUT2D eigenvalue weighted by molar-refractivity contribution is 0.153. The molecule has 3 nitrogen and oxygen atoms in total. The van der Waals surface area contributed by atoms with Crippen molar-refractivity contribution in [1.29, 1.82) is 0 Å². The third-order valence-corrected chi connectivity index (χ3v) is 3.99. The molecule has 0 bridgehead atoms. The maximum atomic E-state index is 5.92. The maximum absolute atomic E-state index is 5.92. The van der Waals surface area contributed by atoms with Gasteiger partial charge in [0, 0.05) is 5.54 Å². The number of hydrogen-bond acceptors (Lipinski definition) is 3. The number of rotatable bonds is 6. The number of likely N-dealkylation sites (tertiary alicyclic amines) is 1. The lowest BCUT2D eigenvalue weighted by atomic mass is 10.0. The SMILES string of the molecule is CC(C)CNCc1ccc(CN2CCCC2(C)C)o1. The average Bonchev–Trinajstić information content (AvgIpc) is 2.87. The highest BCUT2D eigenvalue weighted by Crippen LogP contribution is 2.29. The van der Waals surface area contributed by atoms with Crippen LogP contribution >= 0.6 is 0 Å². The van der Waals surface area contributed by atoms with E-state index in [-0.39, 0.29) is 0 Å². The van der Waals surface area contributed by atoms with Gasteiger partial charge in [0.15, 0.2) is 0 Å². The Morgan fingerprint density at radius 2 is 2.05 bits per heavy atom. The summed E-state index contributed by atoms with van der Waals surface area (Å²) in [6.45, 7) is 13.1. The predicted molar refractivity (Wildman–Crippen MR) is 79.0 cm³/mol. The van der Waals surface area contributed by atoms with Gasteiger partial charge in [0.2, 0.25) is 0 Å². The largest absolute Gasteiger partial charge is 0.463 e. The first-order valence-corrected chi connectivity index (χ1v) is 7.51. The highest BCUT2D eigenvalue weighted by molar-refractivity contribution is 5.08. The smallest absolute Gasteiger partial charge is 0.118 e. The van der Waals surface area contributed by atoms with Crippen LogP contribution in [0.4, 0.5) is 0 Å². The molecule has 19 heavy (non-hydrogen) atoms. The minimum atomic E-state index is 0.322. The first-order chi connectivity index (χ1) is 8.97. The van der Waals surface area contributed by atoms with E-state index in [1.54, 1.807) is 0 Å². The summed E-state index contributed by atoms with van der Waals surface area (Å²) in [6, 6.07) is 4.23. The molecule has 0 aliphatic carbocycles. The van der Waals surface area contributed by atoms with Crippen LogP contribution in [0.2, 0.25) is 0 Å². The van der Waals surface area contributed by atoms with Crippen LogP contribution in [0.15, 0.2) is 16.5 Å². The van der Waals surface area contributed by atoms with Crippen LogP contribution in [0.25, 0.3) is 0 Å². The minimum Gasteiger partial charge on any atom is -0.463 e. The lowest BCUT2D eigenvalue weighted by Crippen LogP contribution is -2.37. The summed E-state index contributed by atoms with van der Waals surface area (Å²) in [5, 5.41) is 3.42. The van der Waals surface area contributed by atoms with Gasteiger partial charge < -0.3 is 9.73 Å². The Labute approximate surface area is 117 Å². The van der Waals surface area contributed by atoms with E-state index in [4.69, 9.17) is 4.42 Å². The van der Waals surface area contributed by atoms with E-state index in [0.717, 1.165) is 31.2 Å². The second kappa shape index (κ2) is 6.10. The summed E-state index contributed by atoms with van der Waals surface area (Å²) >= 11 is 0. The monoisotopic (exact) mass is 264 g/mol. The van der Waals surface area contributed by atoms with Crippen molar-refractivity contribution in [2.75, 3.05) is 13.1 Å². The van der Waals surface area contributed by atoms with Gasteiger partial charge in [-0.3, -0.25) is 4.90 Å². The van der Waals surface area contributed by atoms with Gasteiger partial charge in [-0.15, -0.1) is 0 Å².